The fourth-order valence-electron chi connectivity index (χ4n) is 1.22. The van der Waals surface area contributed by atoms with Crippen molar-refractivity contribution in [3.05, 3.63) is 12.5 Å². The summed E-state index contributed by atoms with van der Waals surface area (Å²) in [6, 6.07) is 0. The average Bonchev–Trinajstić information content (AvgIpc) is 2.47. The van der Waals surface area contributed by atoms with Crippen LogP contribution in [0.5, 0.6) is 0 Å². The summed E-state index contributed by atoms with van der Waals surface area (Å²) in [5.41, 5.74) is 0. The van der Waals surface area contributed by atoms with Crippen LogP contribution in [-0.4, -0.2) is 17.5 Å². The second kappa shape index (κ2) is 4.36. The number of hydrogen-bond acceptors (Lipinski definition) is 3. The molecule has 0 aromatic heterocycles. The summed E-state index contributed by atoms with van der Waals surface area (Å²) < 4.78 is 10.5. The van der Waals surface area contributed by atoms with E-state index in [-0.39, 0.29) is 6.61 Å². The van der Waals surface area contributed by atoms with Gasteiger partial charge in [-0.25, -0.2) is 0 Å². The maximum Gasteiger partial charge on any atom is 0.247 e. The molecular weight excluding hydrogens is 156 g/mol. The minimum atomic E-state index is -0.449. The Kier molecular flexibility index (Phi) is 3.41. The summed E-state index contributed by atoms with van der Waals surface area (Å²) in [7, 11) is 0. The molecule has 0 atom stereocenters. The van der Waals surface area contributed by atoms with Gasteiger partial charge in [-0.3, -0.25) is 0 Å². The van der Waals surface area contributed by atoms with Crippen molar-refractivity contribution in [1.82, 2.24) is 0 Å². The maximum atomic E-state index is 8.55. The van der Waals surface area contributed by atoms with E-state index in [2.05, 4.69) is 0 Å². The van der Waals surface area contributed by atoms with Gasteiger partial charge in [-0.2, -0.15) is 0 Å². The Labute approximate surface area is 73.0 Å². The fraction of sp³-hybridized carbons (Fsp3) is 0.778. The van der Waals surface area contributed by atoms with Gasteiger partial charge in [0.25, 0.3) is 0 Å². The van der Waals surface area contributed by atoms with E-state index >= 15 is 0 Å². The van der Waals surface area contributed by atoms with E-state index in [1.807, 2.05) is 6.92 Å². The predicted octanol–water partition coefficient (Wildman–Crippen LogP) is 1.77. The molecular formula is C9H16O3. The van der Waals surface area contributed by atoms with Gasteiger partial charge in [0.2, 0.25) is 5.79 Å². The molecule has 3 nitrogen and oxygen atoms in total. The molecule has 1 N–H and O–H groups in total. The van der Waals surface area contributed by atoms with Gasteiger partial charge < -0.3 is 14.6 Å². The highest BCUT2D eigenvalue weighted by Crippen LogP contribution is 2.25. The van der Waals surface area contributed by atoms with Crippen molar-refractivity contribution in [2.45, 2.75) is 38.4 Å². The van der Waals surface area contributed by atoms with Crippen LogP contribution in [0.3, 0.4) is 0 Å². The Morgan fingerprint density at radius 3 is 2.42 bits per heavy atom. The lowest BCUT2D eigenvalue weighted by Gasteiger charge is -2.22. The van der Waals surface area contributed by atoms with Gasteiger partial charge in [0, 0.05) is 20.0 Å². The standard InChI is InChI=1S/C9H16O3/c1-9(11-7-8-12-9)5-3-2-4-6-10/h7-8,10H,2-6H2,1H3. The summed E-state index contributed by atoms with van der Waals surface area (Å²) in [5, 5.41) is 8.55. The Morgan fingerprint density at radius 2 is 1.83 bits per heavy atom. The summed E-state index contributed by atoms with van der Waals surface area (Å²) >= 11 is 0. The molecule has 1 aliphatic heterocycles. The molecule has 0 saturated heterocycles. The fourth-order valence-corrected chi connectivity index (χ4v) is 1.22. The molecule has 0 unspecified atom stereocenters. The Balaban J connectivity index is 2.06. The van der Waals surface area contributed by atoms with Crippen molar-refractivity contribution in [2.24, 2.45) is 0 Å². The van der Waals surface area contributed by atoms with Crippen molar-refractivity contribution < 1.29 is 14.6 Å². The van der Waals surface area contributed by atoms with Crippen molar-refractivity contribution in [3.63, 3.8) is 0 Å². The topological polar surface area (TPSA) is 38.7 Å². The molecule has 0 aliphatic carbocycles. The lowest BCUT2D eigenvalue weighted by atomic mass is 10.1. The molecule has 3 heteroatoms. The van der Waals surface area contributed by atoms with E-state index in [0.717, 1.165) is 25.7 Å². The van der Waals surface area contributed by atoms with Gasteiger partial charge in [-0.1, -0.05) is 6.42 Å². The van der Waals surface area contributed by atoms with E-state index in [9.17, 15) is 0 Å². The Bertz CT molecular complexity index is 146. The van der Waals surface area contributed by atoms with Crippen LogP contribution < -0.4 is 0 Å². The number of ether oxygens (including phenoxy) is 2. The molecule has 0 fully saturated rings. The molecule has 70 valence electrons. The first kappa shape index (κ1) is 9.39. The van der Waals surface area contributed by atoms with Crippen LogP contribution in [0.4, 0.5) is 0 Å². The number of unbranched alkanes of at least 4 members (excludes halogenated alkanes) is 2. The largest absolute Gasteiger partial charge is 0.457 e. The summed E-state index contributed by atoms with van der Waals surface area (Å²) in [5.74, 6) is -0.449. The van der Waals surface area contributed by atoms with Crippen LogP contribution >= 0.6 is 0 Å². The zero-order valence-electron chi connectivity index (χ0n) is 7.45. The summed E-state index contributed by atoms with van der Waals surface area (Å²) in [6.45, 7) is 2.20. The van der Waals surface area contributed by atoms with Crippen molar-refractivity contribution in [2.75, 3.05) is 6.61 Å². The van der Waals surface area contributed by atoms with Crippen LogP contribution in [0.15, 0.2) is 12.5 Å². The first-order chi connectivity index (χ1) is 5.77. The Morgan fingerprint density at radius 1 is 1.17 bits per heavy atom. The average molecular weight is 172 g/mol. The molecule has 0 aromatic carbocycles. The molecule has 0 bridgehead atoms. The molecule has 12 heavy (non-hydrogen) atoms. The minimum absolute atomic E-state index is 0.274. The second-order valence-corrected chi connectivity index (χ2v) is 3.18. The van der Waals surface area contributed by atoms with E-state index < -0.39 is 5.79 Å². The van der Waals surface area contributed by atoms with Crippen molar-refractivity contribution >= 4 is 0 Å². The molecule has 0 saturated carbocycles. The van der Waals surface area contributed by atoms with Gasteiger partial charge >= 0.3 is 0 Å². The molecule has 0 aromatic rings. The molecule has 1 rings (SSSR count). The van der Waals surface area contributed by atoms with E-state index in [1.165, 1.54) is 0 Å². The molecule has 0 radical (unpaired) electrons. The van der Waals surface area contributed by atoms with Crippen LogP contribution in [-0.2, 0) is 9.47 Å². The summed E-state index contributed by atoms with van der Waals surface area (Å²) in [4.78, 5) is 0. The van der Waals surface area contributed by atoms with E-state index in [0.29, 0.717) is 0 Å². The normalized spacial score (nSPS) is 18.8. The number of rotatable bonds is 5. The smallest absolute Gasteiger partial charge is 0.247 e. The third kappa shape index (κ3) is 2.74. The van der Waals surface area contributed by atoms with Crippen LogP contribution in [0, 0.1) is 0 Å². The maximum absolute atomic E-state index is 8.55. The van der Waals surface area contributed by atoms with Crippen molar-refractivity contribution in [3.8, 4) is 0 Å². The highest BCUT2D eigenvalue weighted by atomic mass is 16.7. The SMILES string of the molecule is CC1(CCCCCO)OC=CO1. The predicted molar refractivity (Wildman–Crippen MR) is 45.3 cm³/mol. The minimum Gasteiger partial charge on any atom is -0.457 e. The van der Waals surface area contributed by atoms with Crippen molar-refractivity contribution in [1.29, 1.82) is 0 Å². The monoisotopic (exact) mass is 172 g/mol. The lowest BCUT2D eigenvalue weighted by Crippen LogP contribution is -2.24. The third-order valence-electron chi connectivity index (χ3n) is 1.98. The lowest BCUT2D eigenvalue weighted by molar-refractivity contribution is -0.131. The van der Waals surface area contributed by atoms with Gasteiger partial charge in [0.15, 0.2) is 0 Å². The molecule has 1 heterocycles. The number of aliphatic hydroxyl groups is 1. The van der Waals surface area contributed by atoms with Crippen LogP contribution in [0.1, 0.15) is 32.6 Å². The Hall–Kier alpha value is -0.700. The number of aliphatic hydroxyl groups excluding tert-OH is 1. The first-order valence-corrected chi connectivity index (χ1v) is 4.38. The van der Waals surface area contributed by atoms with Gasteiger partial charge in [-0.15, -0.1) is 0 Å². The zero-order chi connectivity index (χ0) is 8.86. The number of hydrogen-bond donors (Lipinski definition) is 1. The van der Waals surface area contributed by atoms with E-state index in [4.69, 9.17) is 14.6 Å². The van der Waals surface area contributed by atoms with Crippen LogP contribution in [0.25, 0.3) is 0 Å². The van der Waals surface area contributed by atoms with Gasteiger partial charge in [0.05, 0.1) is 0 Å². The molecule has 0 amide bonds. The van der Waals surface area contributed by atoms with Gasteiger partial charge in [-0.05, 0) is 12.8 Å². The third-order valence-corrected chi connectivity index (χ3v) is 1.98. The summed E-state index contributed by atoms with van der Waals surface area (Å²) in [6.07, 6.45) is 6.94. The highest BCUT2D eigenvalue weighted by molar-refractivity contribution is 4.79. The van der Waals surface area contributed by atoms with Gasteiger partial charge in [0.1, 0.15) is 12.5 Å². The molecule has 1 aliphatic rings. The first-order valence-electron chi connectivity index (χ1n) is 4.38. The van der Waals surface area contributed by atoms with Crippen LogP contribution in [0.2, 0.25) is 0 Å². The highest BCUT2D eigenvalue weighted by Gasteiger charge is 2.28. The zero-order valence-corrected chi connectivity index (χ0v) is 7.45. The quantitative estimate of drug-likeness (QED) is 0.642. The van der Waals surface area contributed by atoms with E-state index in [1.54, 1.807) is 12.5 Å². The second-order valence-electron chi connectivity index (χ2n) is 3.18. The molecule has 0 spiro atoms.